The zero-order valence-corrected chi connectivity index (χ0v) is 10.8. The maximum atomic E-state index is 10.3. The lowest BCUT2D eigenvalue weighted by Gasteiger charge is -2.13. The van der Waals surface area contributed by atoms with Crippen molar-refractivity contribution in [3.63, 3.8) is 0 Å². The summed E-state index contributed by atoms with van der Waals surface area (Å²) in [5.74, 6) is 0.0255. The van der Waals surface area contributed by atoms with Crippen LogP contribution in [-0.2, 0) is 11.2 Å². The van der Waals surface area contributed by atoms with Crippen molar-refractivity contribution in [3.8, 4) is 0 Å². The predicted molar refractivity (Wildman–Crippen MR) is 68.8 cm³/mol. The van der Waals surface area contributed by atoms with Gasteiger partial charge in [-0.05, 0) is 32.8 Å². The van der Waals surface area contributed by atoms with E-state index in [4.69, 9.17) is 10.2 Å². The minimum absolute atomic E-state index is 0.0255. The van der Waals surface area contributed by atoms with E-state index in [1.807, 2.05) is 30.3 Å². The lowest BCUT2D eigenvalue weighted by molar-refractivity contribution is -0.120. The van der Waals surface area contributed by atoms with Gasteiger partial charge < -0.3 is 10.2 Å². The van der Waals surface area contributed by atoms with Gasteiger partial charge >= 0.3 is 0 Å². The Morgan fingerprint density at radius 1 is 1.24 bits per heavy atom. The molecular weight excluding hydrogens is 216 g/mol. The molecule has 2 N–H and O–H groups in total. The smallest absolute Gasteiger partial charge is 0.132 e. The molecule has 0 heterocycles. The first kappa shape index (κ1) is 15.8. The monoisotopic (exact) mass is 238 g/mol. The molecule has 0 amide bonds. The van der Waals surface area contributed by atoms with Crippen molar-refractivity contribution >= 4 is 5.78 Å². The van der Waals surface area contributed by atoms with Gasteiger partial charge in [0.05, 0.1) is 5.60 Å². The summed E-state index contributed by atoms with van der Waals surface area (Å²) in [6.45, 7) is 4.95. The molecule has 0 aliphatic rings. The number of carbonyl (C=O) groups excluding carboxylic acids is 1. The van der Waals surface area contributed by atoms with Crippen molar-refractivity contribution in [2.24, 2.45) is 0 Å². The highest BCUT2D eigenvalue weighted by Gasteiger charge is 2.13. The molecule has 0 aliphatic carbocycles. The molecule has 0 saturated carbocycles. The van der Waals surface area contributed by atoms with Gasteiger partial charge in [0.25, 0.3) is 0 Å². The number of hydrogen-bond acceptors (Lipinski definition) is 3. The van der Waals surface area contributed by atoms with Crippen molar-refractivity contribution in [2.75, 3.05) is 6.61 Å². The van der Waals surface area contributed by atoms with E-state index in [2.05, 4.69) is 0 Å². The van der Waals surface area contributed by atoms with Gasteiger partial charge in [-0.3, -0.25) is 4.79 Å². The van der Waals surface area contributed by atoms with Crippen LogP contribution in [0.2, 0.25) is 0 Å². The molecule has 0 aromatic heterocycles. The first-order valence-electron chi connectivity index (χ1n) is 5.72. The second-order valence-electron chi connectivity index (χ2n) is 4.65. The Hall–Kier alpha value is -1.19. The molecule has 0 saturated heterocycles. The quantitative estimate of drug-likeness (QED) is 0.843. The first-order valence-corrected chi connectivity index (χ1v) is 5.72. The Morgan fingerprint density at radius 2 is 1.76 bits per heavy atom. The summed E-state index contributed by atoms with van der Waals surface area (Å²) in [6, 6.07) is 9.95. The molecule has 17 heavy (non-hydrogen) atoms. The molecular formula is C14H22O3. The predicted octanol–water partition coefficient (Wildman–Crippen LogP) is 1.96. The number of carbonyl (C=O) groups is 1. The summed E-state index contributed by atoms with van der Waals surface area (Å²) in [7, 11) is 0. The molecule has 0 bridgehead atoms. The molecule has 1 rings (SSSR count). The molecule has 0 spiro atoms. The second kappa shape index (κ2) is 7.98. The van der Waals surface area contributed by atoms with Gasteiger partial charge in [-0.15, -0.1) is 0 Å². The van der Waals surface area contributed by atoms with Crippen molar-refractivity contribution in [1.29, 1.82) is 0 Å². The minimum Gasteiger partial charge on any atom is -0.396 e. The maximum absolute atomic E-state index is 10.3. The summed E-state index contributed by atoms with van der Waals surface area (Å²) in [5, 5.41) is 17.5. The van der Waals surface area contributed by atoms with Crippen LogP contribution in [-0.4, -0.2) is 28.2 Å². The van der Waals surface area contributed by atoms with Crippen LogP contribution in [0.1, 0.15) is 32.8 Å². The Labute approximate surface area is 103 Å². The van der Waals surface area contributed by atoms with E-state index in [1.54, 1.807) is 13.8 Å². The van der Waals surface area contributed by atoms with Gasteiger partial charge in [-0.2, -0.15) is 0 Å². The molecule has 1 aromatic carbocycles. The van der Waals surface area contributed by atoms with Crippen molar-refractivity contribution in [3.05, 3.63) is 35.9 Å². The molecule has 0 unspecified atom stereocenters. The van der Waals surface area contributed by atoms with Crippen molar-refractivity contribution in [1.82, 2.24) is 0 Å². The Balaban J connectivity index is 0.000000304. The topological polar surface area (TPSA) is 57.5 Å². The zero-order chi connectivity index (χ0) is 13.3. The summed E-state index contributed by atoms with van der Waals surface area (Å²) >= 11 is 0. The Kier molecular flexibility index (Phi) is 7.42. The number of aliphatic hydroxyl groups is 2. The number of rotatable bonds is 4. The fourth-order valence-corrected chi connectivity index (χ4v) is 1.38. The van der Waals surface area contributed by atoms with Crippen LogP contribution in [0.4, 0.5) is 0 Å². The number of benzene rings is 1. The van der Waals surface area contributed by atoms with Crippen LogP contribution in [0, 0.1) is 0 Å². The van der Waals surface area contributed by atoms with Gasteiger partial charge in [0.1, 0.15) is 5.78 Å². The first-order chi connectivity index (χ1) is 7.85. The summed E-state index contributed by atoms with van der Waals surface area (Å²) < 4.78 is 0. The van der Waals surface area contributed by atoms with E-state index >= 15 is 0 Å². The molecule has 0 radical (unpaired) electrons. The van der Waals surface area contributed by atoms with Gasteiger partial charge in [0.15, 0.2) is 0 Å². The maximum Gasteiger partial charge on any atom is 0.132 e. The Bertz CT molecular complexity index is 312. The molecule has 3 heteroatoms. The molecule has 0 atom stereocenters. The van der Waals surface area contributed by atoms with E-state index in [1.165, 1.54) is 12.5 Å². The third-order valence-corrected chi connectivity index (χ3v) is 1.92. The average Bonchev–Trinajstić information content (AvgIpc) is 2.16. The van der Waals surface area contributed by atoms with E-state index in [0.717, 1.165) is 6.42 Å². The van der Waals surface area contributed by atoms with Gasteiger partial charge in [0.2, 0.25) is 0 Å². The van der Waals surface area contributed by atoms with Crippen molar-refractivity contribution < 1.29 is 15.0 Å². The van der Waals surface area contributed by atoms with Crippen LogP contribution < -0.4 is 0 Å². The van der Waals surface area contributed by atoms with Gasteiger partial charge in [0, 0.05) is 13.0 Å². The fourth-order valence-electron chi connectivity index (χ4n) is 1.38. The lowest BCUT2D eigenvalue weighted by atomic mass is 10.0. The fraction of sp³-hybridized carbons (Fsp3) is 0.500. The Morgan fingerprint density at radius 3 is 2.06 bits per heavy atom. The number of aliphatic hydroxyl groups excluding tert-OH is 1. The highest BCUT2D eigenvalue weighted by atomic mass is 16.3. The van der Waals surface area contributed by atoms with E-state index in [0.29, 0.717) is 0 Å². The van der Waals surface area contributed by atoms with Crippen LogP contribution in [0.5, 0.6) is 0 Å². The van der Waals surface area contributed by atoms with Crippen LogP contribution in [0.3, 0.4) is 0 Å². The molecule has 3 nitrogen and oxygen atoms in total. The third-order valence-electron chi connectivity index (χ3n) is 1.92. The highest BCUT2D eigenvalue weighted by molar-refractivity contribution is 5.76. The van der Waals surface area contributed by atoms with E-state index in [9.17, 15) is 4.79 Å². The lowest BCUT2D eigenvalue weighted by Crippen LogP contribution is -2.21. The number of hydrogen-bond donors (Lipinski definition) is 2. The summed E-state index contributed by atoms with van der Waals surface area (Å²) in [5.41, 5.74) is 0.367. The minimum atomic E-state index is -0.828. The highest BCUT2D eigenvalue weighted by Crippen LogP contribution is 2.06. The average molecular weight is 238 g/mol. The molecule has 1 aromatic rings. The normalized spacial score (nSPS) is 10.4. The second-order valence-corrected chi connectivity index (χ2v) is 4.65. The van der Waals surface area contributed by atoms with Gasteiger partial charge in [-0.1, -0.05) is 30.3 Å². The van der Waals surface area contributed by atoms with E-state index in [-0.39, 0.29) is 18.8 Å². The third kappa shape index (κ3) is 11.1. The summed E-state index contributed by atoms with van der Waals surface area (Å²) in [4.78, 5) is 10.3. The molecule has 0 aliphatic heterocycles. The molecule has 0 fully saturated rings. The number of Topliss-reactive ketones (excluding diaryl/α,β-unsaturated/α-hetero) is 1. The van der Waals surface area contributed by atoms with Crippen molar-refractivity contribution in [2.45, 2.75) is 39.2 Å². The van der Waals surface area contributed by atoms with Gasteiger partial charge in [-0.25, -0.2) is 0 Å². The SMILES string of the molecule is CC(=O)CC(C)(C)O.OCCc1ccccc1. The largest absolute Gasteiger partial charge is 0.396 e. The summed E-state index contributed by atoms with van der Waals surface area (Å²) in [6.07, 6.45) is 1.01. The zero-order valence-electron chi connectivity index (χ0n) is 10.8. The van der Waals surface area contributed by atoms with Crippen LogP contribution in [0.25, 0.3) is 0 Å². The molecule has 96 valence electrons. The number of ketones is 1. The van der Waals surface area contributed by atoms with Crippen LogP contribution >= 0.6 is 0 Å². The standard InChI is InChI=1S/C8H10O.C6H12O2/c9-7-6-8-4-2-1-3-5-8;1-5(7)4-6(2,3)8/h1-5,9H,6-7H2;8H,4H2,1-3H3. The van der Waals surface area contributed by atoms with Crippen LogP contribution in [0.15, 0.2) is 30.3 Å². The van der Waals surface area contributed by atoms with E-state index < -0.39 is 5.60 Å².